The number of hydrogen-bond donors (Lipinski definition) is 2. The fourth-order valence-electron chi connectivity index (χ4n) is 1.82. The summed E-state index contributed by atoms with van der Waals surface area (Å²) in [5.74, 6) is 0.188. The maximum Gasteiger partial charge on any atom is 0.128 e. The zero-order chi connectivity index (χ0) is 14.1. The highest BCUT2D eigenvalue weighted by molar-refractivity contribution is 5.84. The zero-order valence-corrected chi connectivity index (χ0v) is 12.1. The van der Waals surface area contributed by atoms with Crippen LogP contribution in [0.15, 0.2) is 17.3 Å². The summed E-state index contributed by atoms with van der Waals surface area (Å²) in [6.07, 6.45) is 1.28. The molecule has 0 aliphatic rings. The summed E-state index contributed by atoms with van der Waals surface area (Å²) in [6.45, 7) is 12.5. The van der Waals surface area contributed by atoms with E-state index in [2.05, 4.69) is 25.9 Å². The monoisotopic (exact) mass is 249 g/mol. The zero-order valence-electron chi connectivity index (χ0n) is 12.1. The van der Waals surface area contributed by atoms with Crippen molar-refractivity contribution in [3.8, 4) is 5.75 Å². The van der Waals surface area contributed by atoms with Gasteiger partial charge in [0.2, 0.25) is 0 Å². The molecule has 0 aliphatic carbocycles. The lowest BCUT2D eigenvalue weighted by Crippen LogP contribution is -2.17. The summed E-state index contributed by atoms with van der Waals surface area (Å²) < 4.78 is 0. The molecular formula is C15H23NO2. The number of phenolic OH excluding ortho intramolecular Hbond substituents is 1. The third-order valence-electron chi connectivity index (χ3n) is 3.01. The molecule has 0 aliphatic heterocycles. The SMILES string of the molecule is CC(C)(C)c1cc(/C=N/O)c(O)c(C(C)(C)C)c1. The standard InChI is InChI=1S/C15H23NO2/c1-14(2,3)11-7-10(9-16-18)13(17)12(8-11)15(4,5)6/h7-9,17-18H,1-6H3/b16-9+. The molecule has 1 aromatic rings. The summed E-state index contributed by atoms with van der Waals surface area (Å²) in [6, 6.07) is 3.90. The Labute approximate surface area is 109 Å². The van der Waals surface area contributed by atoms with Crippen molar-refractivity contribution in [1.82, 2.24) is 0 Å². The lowest BCUT2D eigenvalue weighted by Gasteiger charge is -2.26. The minimum atomic E-state index is -0.163. The second kappa shape index (κ2) is 4.63. The lowest BCUT2D eigenvalue weighted by atomic mass is 9.79. The molecule has 2 N–H and O–H groups in total. The molecule has 3 heteroatoms. The van der Waals surface area contributed by atoms with Crippen LogP contribution in [0.3, 0.4) is 0 Å². The first-order valence-electron chi connectivity index (χ1n) is 6.13. The van der Waals surface area contributed by atoms with Gasteiger partial charge in [-0.2, -0.15) is 0 Å². The first-order valence-corrected chi connectivity index (χ1v) is 6.13. The van der Waals surface area contributed by atoms with Crippen LogP contribution < -0.4 is 0 Å². The van der Waals surface area contributed by atoms with E-state index in [1.807, 2.05) is 32.9 Å². The summed E-state index contributed by atoms with van der Waals surface area (Å²) in [4.78, 5) is 0. The van der Waals surface area contributed by atoms with Crippen LogP contribution in [0.5, 0.6) is 5.75 Å². The van der Waals surface area contributed by atoms with Gasteiger partial charge < -0.3 is 10.3 Å². The van der Waals surface area contributed by atoms with E-state index < -0.39 is 0 Å². The van der Waals surface area contributed by atoms with E-state index >= 15 is 0 Å². The highest BCUT2D eigenvalue weighted by atomic mass is 16.4. The van der Waals surface area contributed by atoms with Crippen molar-refractivity contribution in [3.63, 3.8) is 0 Å². The molecule has 1 aromatic carbocycles. The second-order valence-electron chi connectivity index (χ2n) is 6.71. The third-order valence-corrected chi connectivity index (χ3v) is 3.01. The number of nitrogens with zero attached hydrogens (tertiary/aromatic N) is 1. The van der Waals surface area contributed by atoms with E-state index in [0.29, 0.717) is 5.56 Å². The highest BCUT2D eigenvalue weighted by Crippen LogP contribution is 2.36. The van der Waals surface area contributed by atoms with E-state index in [1.165, 1.54) is 6.21 Å². The number of aromatic hydroxyl groups is 1. The van der Waals surface area contributed by atoms with Crippen LogP contribution in [0.1, 0.15) is 58.2 Å². The normalized spacial score (nSPS) is 13.2. The molecule has 0 radical (unpaired) electrons. The number of benzene rings is 1. The molecule has 0 heterocycles. The van der Waals surface area contributed by atoms with E-state index in [4.69, 9.17) is 5.21 Å². The second-order valence-corrected chi connectivity index (χ2v) is 6.71. The summed E-state index contributed by atoms with van der Waals surface area (Å²) in [7, 11) is 0. The Bertz CT molecular complexity index is 463. The van der Waals surface area contributed by atoms with Crippen molar-refractivity contribution in [1.29, 1.82) is 0 Å². The van der Waals surface area contributed by atoms with Crippen LogP contribution >= 0.6 is 0 Å². The van der Waals surface area contributed by atoms with E-state index in [0.717, 1.165) is 11.1 Å². The molecule has 0 bridgehead atoms. The van der Waals surface area contributed by atoms with Gasteiger partial charge in [0.25, 0.3) is 0 Å². The van der Waals surface area contributed by atoms with Crippen molar-refractivity contribution in [3.05, 3.63) is 28.8 Å². The Hall–Kier alpha value is -1.51. The van der Waals surface area contributed by atoms with Gasteiger partial charge in [-0.25, -0.2) is 0 Å². The molecule has 0 aromatic heterocycles. The molecule has 0 fully saturated rings. The van der Waals surface area contributed by atoms with Crippen molar-refractivity contribution in [2.24, 2.45) is 5.16 Å². The maximum atomic E-state index is 10.2. The van der Waals surface area contributed by atoms with Crippen LogP contribution in [-0.4, -0.2) is 16.5 Å². The van der Waals surface area contributed by atoms with Gasteiger partial charge in [0, 0.05) is 11.1 Å². The Kier molecular flexibility index (Phi) is 3.75. The van der Waals surface area contributed by atoms with Crippen LogP contribution in [0.25, 0.3) is 0 Å². The van der Waals surface area contributed by atoms with Crippen LogP contribution in [0.4, 0.5) is 0 Å². The molecular weight excluding hydrogens is 226 g/mol. The molecule has 18 heavy (non-hydrogen) atoms. The topological polar surface area (TPSA) is 52.8 Å². The smallest absolute Gasteiger partial charge is 0.128 e. The third kappa shape index (κ3) is 3.03. The first-order chi connectivity index (χ1) is 8.07. The summed E-state index contributed by atoms with van der Waals surface area (Å²) in [5.41, 5.74) is 2.34. The quantitative estimate of drug-likeness (QED) is 0.452. The fourth-order valence-corrected chi connectivity index (χ4v) is 1.82. The molecule has 0 unspecified atom stereocenters. The van der Waals surface area contributed by atoms with Crippen molar-refractivity contribution >= 4 is 6.21 Å². The van der Waals surface area contributed by atoms with Gasteiger partial charge >= 0.3 is 0 Å². The van der Waals surface area contributed by atoms with Crippen LogP contribution in [0, 0.1) is 0 Å². The predicted octanol–water partition coefficient (Wildman–Crippen LogP) is 3.80. The van der Waals surface area contributed by atoms with Crippen LogP contribution in [0.2, 0.25) is 0 Å². The average Bonchev–Trinajstić information content (AvgIpc) is 2.17. The number of oxime groups is 1. The molecule has 0 atom stereocenters. The molecule has 0 amide bonds. The van der Waals surface area contributed by atoms with Gasteiger partial charge in [-0.05, 0) is 22.5 Å². The lowest BCUT2D eigenvalue weighted by molar-refractivity contribution is 0.321. The molecule has 0 spiro atoms. The van der Waals surface area contributed by atoms with Gasteiger partial charge in [0.05, 0.1) is 6.21 Å². The molecule has 0 saturated heterocycles. The molecule has 3 nitrogen and oxygen atoms in total. The fraction of sp³-hybridized carbons (Fsp3) is 0.533. The molecule has 100 valence electrons. The van der Waals surface area contributed by atoms with Gasteiger partial charge in [-0.15, -0.1) is 0 Å². The average molecular weight is 249 g/mol. The first kappa shape index (κ1) is 14.6. The van der Waals surface area contributed by atoms with Gasteiger partial charge in [-0.1, -0.05) is 52.8 Å². The minimum Gasteiger partial charge on any atom is -0.507 e. The van der Waals surface area contributed by atoms with Gasteiger partial charge in [-0.3, -0.25) is 0 Å². The summed E-state index contributed by atoms with van der Waals surface area (Å²) >= 11 is 0. The van der Waals surface area contributed by atoms with E-state index in [9.17, 15) is 5.11 Å². The number of hydrogen-bond acceptors (Lipinski definition) is 3. The van der Waals surface area contributed by atoms with Crippen molar-refractivity contribution in [2.45, 2.75) is 52.4 Å². The predicted molar refractivity (Wildman–Crippen MR) is 74.9 cm³/mol. The van der Waals surface area contributed by atoms with Gasteiger partial charge in [0.1, 0.15) is 5.75 Å². The highest BCUT2D eigenvalue weighted by Gasteiger charge is 2.24. The molecule has 1 rings (SSSR count). The maximum absolute atomic E-state index is 10.2. The summed E-state index contributed by atoms with van der Waals surface area (Å²) in [5, 5.41) is 22.0. The number of phenols is 1. The number of rotatable bonds is 1. The minimum absolute atomic E-state index is 0.0221. The Morgan fingerprint density at radius 2 is 1.56 bits per heavy atom. The van der Waals surface area contributed by atoms with Crippen molar-refractivity contribution < 1.29 is 10.3 Å². The Morgan fingerprint density at radius 1 is 1.00 bits per heavy atom. The van der Waals surface area contributed by atoms with E-state index in [1.54, 1.807) is 0 Å². The largest absolute Gasteiger partial charge is 0.507 e. The van der Waals surface area contributed by atoms with Crippen LogP contribution in [-0.2, 0) is 10.8 Å². The van der Waals surface area contributed by atoms with Crippen molar-refractivity contribution in [2.75, 3.05) is 0 Å². The van der Waals surface area contributed by atoms with Gasteiger partial charge in [0.15, 0.2) is 0 Å². The molecule has 0 saturated carbocycles. The van der Waals surface area contributed by atoms with E-state index in [-0.39, 0.29) is 16.6 Å². The Balaban J connectivity index is 3.57. The Morgan fingerprint density at radius 3 is 1.94 bits per heavy atom.